The third kappa shape index (κ3) is 5.97. The maximum absolute atomic E-state index is 12.7. The Balaban J connectivity index is 0.00000163. The number of piperidine rings is 1. The van der Waals surface area contributed by atoms with Crippen LogP contribution in [0.3, 0.4) is 0 Å². The second kappa shape index (κ2) is 10.3. The summed E-state index contributed by atoms with van der Waals surface area (Å²) in [5.74, 6) is 1.54. The largest absolute Gasteiger partial charge is 0.342 e. The van der Waals surface area contributed by atoms with Crippen molar-refractivity contribution in [3.8, 4) is 0 Å². The molecule has 2 fully saturated rings. The Morgan fingerprint density at radius 2 is 1.42 bits per heavy atom. The topological polar surface area (TPSA) is 43.9 Å². The molecule has 0 atom stereocenters. The zero-order valence-corrected chi connectivity index (χ0v) is 18.2. The van der Waals surface area contributed by atoms with E-state index in [1.807, 2.05) is 18.7 Å². The second-order valence-corrected chi connectivity index (χ2v) is 8.42. The van der Waals surface area contributed by atoms with Crippen LogP contribution in [0.4, 0.5) is 0 Å². The molecular formula is C21H41N3O2. The van der Waals surface area contributed by atoms with Crippen molar-refractivity contribution >= 4 is 11.8 Å². The molecular weight excluding hydrogens is 326 g/mol. The van der Waals surface area contributed by atoms with E-state index in [9.17, 15) is 9.59 Å². The van der Waals surface area contributed by atoms with Crippen LogP contribution in [0.2, 0.25) is 0 Å². The van der Waals surface area contributed by atoms with Crippen LogP contribution in [0.5, 0.6) is 0 Å². The van der Waals surface area contributed by atoms with Crippen LogP contribution in [0, 0.1) is 17.3 Å². The molecule has 0 bridgehead atoms. The summed E-state index contributed by atoms with van der Waals surface area (Å²) in [5.41, 5.74) is -0.268. The van der Waals surface area contributed by atoms with Crippen molar-refractivity contribution in [1.82, 2.24) is 14.7 Å². The summed E-state index contributed by atoms with van der Waals surface area (Å²) < 4.78 is 0. The fourth-order valence-corrected chi connectivity index (χ4v) is 3.58. The van der Waals surface area contributed by atoms with Gasteiger partial charge in [0.25, 0.3) is 0 Å². The van der Waals surface area contributed by atoms with E-state index in [2.05, 4.69) is 37.5 Å². The first-order valence-corrected chi connectivity index (χ1v) is 10.5. The lowest BCUT2D eigenvalue weighted by Crippen LogP contribution is -2.51. The summed E-state index contributed by atoms with van der Waals surface area (Å²) in [4.78, 5) is 30.6. The van der Waals surface area contributed by atoms with Crippen LogP contribution in [0.1, 0.15) is 61.3 Å². The number of hydrogen-bond donors (Lipinski definition) is 0. The van der Waals surface area contributed by atoms with Gasteiger partial charge in [0.05, 0.1) is 0 Å². The second-order valence-electron chi connectivity index (χ2n) is 8.42. The van der Waals surface area contributed by atoms with Crippen LogP contribution in [-0.4, -0.2) is 72.3 Å². The number of hydrogen-bond acceptors (Lipinski definition) is 3. The van der Waals surface area contributed by atoms with Gasteiger partial charge in [0.2, 0.25) is 11.8 Å². The molecule has 2 rings (SSSR count). The predicted octanol–water partition coefficient (Wildman–Crippen LogP) is 3.10. The average Bonchev–Trinajstić information content (AvgIpc) is 2.63. The molecule has 0 unspecified atom stereocenters. The molecule has 5 nitrogen and oxygen atoms in total. The normalized spacial score (nSPS) is 20.0. The fraction of sp³-hybridized carbons (Fsp3) is 0.905. The first-order valence-electron chi connectivity index (χ1n) is 10.5. The lowest BCUT2D eigenvalue weighted by Gasteiger charge is -2.41. The highest BCUT2D eigenvalue weighted by Gasteiger charge is 2.36. The van der Waals surface area contributed by atoms with Crippen LogP contribution in [0.25, 0.3) is 0 Å². The zero-order valence-electron chi connectivity index (χ0n) is 18.2. The molecule has 2 aliphatic heterocycles. The van der Waals surface area contributed by atoms with Gasteiger partial charge in [-0.1, -0.05) is 41.5 Å². The van der Waals surface area contributed by atoms with Crippen LogP contribution >= 0.6 is 0 Å². The maximum Gasteiger partial charge on any atom is 0.228 e. The number of rotatable bonds is 4. The van der Waals surface area contributed by atoms with Crippen LogP contribution in [0.15, 0.2) is 0 Å². The molecule has 0 radical (unpaired) electrons. The van der Waals surface area contributed by atoms with E-state index < -0.39 is 0 Å². The highest BCUT2D eigenvalue weighted by atomic mass is 16.2. The summed E-state index contributed by atoms with van der Waals surface area (Å²) in [5, 5.41) is 0. The zero-order chi connectivity index (χ0) is 19.9. The van der Waals surface area contributed by atoms with Gasteiger partial charge in [-0.15, -0.1) is 0 Å². The highest BCUT2D eigenvalue weighted by molar-refractivity contribution is 5.82. The van der Waals surface area contributed by atoms with E-state index in [1.54, 1.807) is 6.92 Å². The summed E-state index contributed by atoms with van der Waals surface area (Å²) in [6.45, 7) is 20.6. The number of piperazine rings is 1. The van der Waals surface area contributed by atoms with Gasteiger partial charge in [-0.2, -0.15) is 0 Å². The van der Waals surface area contributed by atoms with Gasteiger partial charge < -0.3 is 9.80 Å². The summed E-state index contributed by atoms with van der Waals surface area (Å²) in [6, 6.07) is 0. The molecule has 0 aliphatic carbocycles. The van der Waals surface area contributed by atoms with Crippen LogP contribution in [-0.2, 0) is 9.59 Å². The van der Waals surface area contributed by atoms with Crippen molar-refractivity contribution in [3.05, 3.63) is 0 Å². The van der Waals surface area contributed by atoms with Gasteiger partial charge >= 0.3 is 0 Å². The van der Waals surface area contributed by atoms with E-state index in [-0.39, 0.29) is 11.3 Å². The molecule has 0 aromatic heterocycles. The van der Waals surface area contributed by atoms with Crippen molar-refractivity contribution in [3.63, 3.8) is 0 Å². The number of amides is 2. The molecule has 0 saturated carbocycles. The first kappa shape index (κ1) is 22.9. The monoisotopic (exact) mass is 367 g/mol. The summed E-state index contributed by atoms with van der Waals surface area (Å²) in [6.07, 6.45) is 2.21. The average molecular weight is 368 g/mol. The Morgan fingerprint density at radius 1 is 0.923 bits per heavy atom. The van der Waals surface area contributed by atoms with Crippen molar-refractivity contribution in [2.75, 3.05) is 45.8 Å². The van der Waals surface area contributed by atoms with Gasteiger partial charge in [0, 0.05) is 58.2 Å². The number of carbonyl (C=O) groups is 2. The van der Waals surface area contributed by atoms with Crippen molar-refractivity contribution < 1.29 is 9.59 Å². The third-order valence-corrected chi connectivity index (χ3v) is 6.23. The van der Waals surface area contributed by atoms with Gasteiger partial charge in [0.1, 0.15) is 0 Å². The number of nitrogens with zero attached hydrogens (tertiary/aromatic N) is 3. The van der Waals surface area contributed by atoms with E-state index in [0.717, 1.165) is 58.7 Å². The smallest absolute Gasteiger partial charge is 0.228 e. The Labute approximate surface area is 161 Å². The van der Waals surface area contributed by atoms with E-state index in [1.165, 1.54) is 0 Å². The Morgan fingerprint density at radius 3 is 1.85 bits per heavy atom. The number of likely N-dealkylation sites (tertiary alicyclic amines) is 1. The lowest BCUT2D eigenvalue weighted by molar-refractivity contribution is -0.144. The Kier molecular flexibility index (Phi) is 9.08. The summed E-state index contributed by atoms with van der Waals surface area (Å²) in [7, 11) is 0. The molecule has 2 heterocycles. The molecule has 5 heteroatoms. The number of carbonyl (C=O) groups excluding carboxylic acids is 2. The van der Waals surface area contributed by atoms with E-state index in [4.69, 9.17) is 0 Å². The first-order chi connectivity index (χ1) is 12.2. The lowest BCUT2D eigenvalue weighted by atomic mass is 9.79. The van der Waals surface area contributed by atoms with Gasteiger partial charge in [-0.05, 0) is 24.7 Å². The molecule has 26 heavy (non-hydrogen) atoms. The van der Waals surface area contributed by atoms with E-state index in [0.29, 0.717) is 17.7 Å². The predicted molar refractivity (Wildman–Crippen MR) is 108 cm³/mol. The Bertz CT molecular complexity index is 446. The molecule has 2 aliphatic rings. The minimum absolute atomic E-state index is 0.189. The maximum atomic E-state index is 12.7. The molecule has 0 spiro atoms. The fourth-order valence-electron chi connectivity index (χ4n) is 3.58. The molecule has 0 N–H and O–H groups in total. The molecule has 0 aromatic carbocycles. The molecule has 0 aromatic rings. The SMILES string of the molecule is CC.CC(=O)N1CCN(CC2CCN(C(=O)C(C)(C)C(C)C)CC2)CC1. The van der Waals surface area contributed by atoms with Gasteiger partial charge in [-0.3, -0.25) is 14.5 Å². The van der Waals surface area contributed by atoms with E-state index >= 15 is 0 Å². The molecule has 152 valence electrons. The van der Waals surface area contributed by atoms with Crippen molar-refractivity contribution in [1.29, 1.82) is 0 Å². The third-order valence-electron chi connectivity index (χ3n) is 6.23. The molecule has 2 amide bonds. The van der Waals surface area contributed by atoms with Gasteiger partial charge in [0.15, 0.2) is 0 Å². The standard InChI is InChI=1S/C19H35N3O2.C2H6/c1-15(2)19(4,5)18(24)22-8-6-17(7-9-22)14-20-10-12-21(13-11-20)16(3)23;1-2/h15,17H,6-14H2,1-5H3;1-2H3. The van der Waals surface area contributed by atoms with Gasteiger partial charge in [-0.25, -0.2) is 0 Å². The van der Waals surface area contributed by atoms with Crippen molar-refractivity contribution in [2.45, 2.75) is 61.3 Å². The highest BCUT2D eigenvalue weighted by Crippen LogP contribution is 2.30. The molecule has 2 saturated heterocycles. The minimum Gasteiger partial charge on any atom is -0.342 e. The van der Waals surface area contributed by atoms with Crippen molar-refractivity contribution in [2.24, 2.45) is 17.3 Å². The quantitative estimate of drug-likeness (QED) is 0.767. The Hall–Kier alpha value is -1.10. The summed E-state index contributed by atoms with van der Waals surface area (Å²) >= 11 is 0. The minimum atomic E-state index is -0.268. The van der Waals surface area contributed by atoms with Crippen LogP contribution < -0.4 is 0 Å².